The molecule has 2 aromatic carbocycles. The second-order valence-corrected chi connectivity index (χ2v) is 16.5. The molecule has 1 amide bonds. The fourth-order valence-electron chi connectivity index (χ4n) is 8.85. The number of ether oxygens (including phenoxy) is 2. The molecule has 1 spiro atoms. The Bertz CT molecular complexity index is 2250. The number of nitrogens with zero attached hydrogens (tertiary/aromatic N) is 6. The molecule has 10 nitrogen and oxygen atoms in total. The first-order valence-electron chi connectivity index (χ1n) is 17.4. The van der Waals surface area contributed by atoms with Gasteiger partial charge in [0.15, 0.2) is 5.82 Å². The zero-order chi connectivity index (χ0) is 37.0. The van der Waals surface area contributed by atoms with E-state index in [4.69, 9.17) is 31.8 Å². The van der Waals surface area contributed by atoms with Gasteiger partial charge in [0, 0.05) is 67.3 Å². The molecule has 0 bridgehead atoms. The maximum Gasteiger partial charge on any atom is 0.319 e. The van der Waals surface area contributed by atoms with Crippen LogP contribution in [0.1, 0.15) is 31.2 Å². The summed E-state index contributed by atoms with van der Waals surface area (Å²) in [5.41, 5.74) is 4.80. The number of hydrogen-bond acceptors (Lipinski definition) is 10. The molecule has 1 aliphatic carbocycles. The third-order valence-corrected chi connectivity index (χ3v) is 12.8. The molecule has 3 atom stereocenters. The average molecular weight is 774 g/mol. The average Bonchev–Trinajstić information content (AvgIpc) is 3.28. The van der Waals surface area contributed by atoms with E-state index in [0.717, 1.165) is 36.8 Å². The number of anilines is 2. The van der Waals surface area contributed by atoms with Gasteiger partial charge in [-0.05, 0) is 37.1 Å². The smallest absolute Gasteiger partial charge is 0.319 e. The molecule has 6 heterocycles. The van der Waals surface area contributed by atoms with Crippen LogP contribution in [0.15, 0.2) is 18.2 Å². The van der Waals surface area contributed by atoms with Crippen molar-refractivity contribution in [3.63, 3.8) is 0 Å². The summed E-state index contributed by atoms with van der Waals surface area (Å²) < 4.78 is 86.5. The summed E-state index contributed by atoms with van der Waals surface area (Å²) in [4.78, 5) is 27.5. The summed E-state index contributed by atoms with van der Waals surface area (Å²) >= 11 is 7.75. The van der Waals surface area contributed by atoms with Crippen LogP contribution in [-0.4, -0.2) is 102 Å². The monoisotopic (exact) mass is 773 g/mol. The van der Waals surface area contributed by atoms with Gasteiger partial charge in [0.05, 0.1) is 34.0 Å². The molecule has 278 valence electrons. The maximum absolute atomic E-state index is 17.2. The molecule has 17 heteroatoms. The standard InChI is InChI=1S/C36H33ClF5N7O3S/c37-23-8-20-28(27(40)26(23)19-2-3-24(39)29-25(19)21(11-43)30(44)53-29)45-33(52-17-35-4-1-5-49(35)12-18(38)9-35)46-31(20)47-6-7-51-16-34(13-47)14-48(15-34)32(50)22-10-36(22,41)42/h2-3,8,18,22H,1,4-7,9-10,12-17,44H2/t18-,22+,35+/m1/s1. The number of nitrogen functional groups attached to an aromatic ring is 1. The largest absolute Gasteiger partial charge is 0.461 e. The zero-order valence-electron chi connectivity index (χ0n) is 28.2. The van der Waals surface area contributed by atoms with Crippen LogP contribution in [0.4, 0.5) is 32.8 Å². The SMILES string of the molecule is N#Cc1c(N)sc2c(F)ccc(-c3c(Cl)cc4c(N5CCOCC6(CN(C(=O)[C@@H]7CC7(F)F)C6)C5)nc(OC[C@@]56CCCN5C[C@H](F)C6)nc4c3F)c12. The van der Waals surface area contributed by atoms with Crippen molar-refractivity contribution in [1.29, 1.82) is 5.26 Å². The van der Waals surface area contributed by atoms with Crippen molar-refractivity contribution in [2.45, 2.75) is 43.3 Å². The highest BCUT2D eigenvalue weighted by Crippen LogP contribution is 2.51. The van der Waals surface area contributed by atoms with Gasteiger partial charge < -0.3 is 25.0 Å². The van der Waals surface area contributed by atoms with Gasteiger partial charge in [-0.25, -0.2) is 22.0 Å². The molecule has 9 rings (SSSR count). The third-order valence-electron chi connectivity index (χ3n) is 11.5. The van der Waals surface area contributed by atoms with Gasteiger partial charge in [-0.1, -0.05) is 17.7 Å². The molecule has 0 unspecified atom stereocenters. The van der Waals surface area contributed by atoms with E-state index < -0.39 is 52.9 Å². The molecule has 53 heavy (non-hydrogen) atoms. The Hall–Kier alpha value is -4.04. The highest BCUT2D eigenvalue weighted by atomic mass is 35.5. The highest BCUT2D eigenvalue weighted by Gasteiger charge is 2.64. The molecule has 0 radical (unpaired) electrons. The number of aromatic nitrogens is 2. The first-order valence-corrected chi connectivity index (χ1v) is 18.6. The summed E-state index contributed by atoms with van der Waals surface area (Å²) in [6.45, 7) is 2.66. The number of fused-ring (bicyclic) bond motifs is 3. The van der Waals surface area contributed by atoms with Gasteiger partial charge in [-0.2, -0.15) is 15.2 Å². The molecule has 2 N–H and O–H groups in total. The normalized spacial score (nSPS) is 26.1. The molecule has 4 saturated heterocycles. The summed E-state index contributed by atoms with van der Waals surface area (Å²) in [6.07, 6.45) is 0.449. The molecule has 2 aromatic heterocycles. The van der Waals surface area contributed by atoms with E-state index in [2.05, 4.69) is 9.88 Å². The number of alkyl halides is 3. The minimum absolute atomic E-state index is 0.00106. The lowest BCUT2D eigenvalue weighted by atomic mass is 9.79. The first kappa shape index (κ1) is 34.7. The van der Waals surface area contributed by atoms with E-state index in [1.807, 2.05) is 11.0 Å². The second-order valence-electron chi connectivity index (χ2n) is 15.1. The Labute approximate surface area is 309 Å². The molecule has 4 aliphatic heterocycles. The van der Waals surface area contributed by atoms with Crippen LogP contribution in [0.2, 0.25) is 5.02 Å². The predicted molar refractivity (Wildman–Crippen MR) is 188 cm³/mol. The zero-order valence-corrected chi connectivity index (χ0v) is 29.8. The number of thiophene rings is 1. The fraction of sp³-hybridized carbons (Fsp3) is 0.500. The van der Waals surface area contributed by atoms with Crippen LogP contribution in [-0.2, 0) is 9.53 Å². The number of hydrogen-bond donors (Lipinski definition) is 1. The van der Waals surface area contributed by atoms with E-state index in [9.17, 15) is 27.6 Å². The van der Waals surface area contributed by atoms with Crippen molar-refractivity contribution in [2.24, 2.45) is 11.3 Å². The second kappa shape index (κ2) is 12.2. The Kier molecular flexibility index (Phi) is 8.02. The summed E-state index contributed by atoms with van der Waals surface area (Å²) in [7, 11) is 0. The van der Waals surface area contributed by atoms with Crippen LogP contribution >= 0.6 is 22.9 Å². The number of carbonyl (C=O) groups is 1. The van der Waals surface area contributed by atoms with Crippen LogP contribution in [0, 0.1) is 34.3 Å². The topological polar surface area (TPSA) is 121 Å². The summed E-state index contributed by atoms with van der Waals surface area (Å²) in [5, 5.41) is 10.3. The van der Waals surface area contributed by atoms with Crippen LogP contribution < -0.4 is 15.4 Å². The Morgan fingerprint density at radius 1 is 1.19 bits per heavy atom. The molecule has 5 aliphatic rings. The van der Waals surface area contributed by atoms with E-state index in [-0.39, 0.29) is 92.4 Å². The first-order chi connectivity index (χ1) is 25.3. The lowest BCUT2D eigenvalue weighted by molar-refractivity contribution is -0.149. The molecule has 4 aromatic rings. The lowest BCUT2D eigenvalue weighted by Gasteiger charge is -2.50. The number of halogens is 6. The summed E-state index contributed by atoms with van der Waals surface area (Å²) in [6, 6.07) is 5.87. The van der Waals surface area contributed by atoms with Gasteiger partial charge in [0.1, 0.15) is 46.9 Å². The van der Waals surface area contributed by atoms with E-state index in [1.54, 1.807) is 0 Å². The fourth-order valence-corrected chi connectivity index (χ4v) is 10.1. The Balaban J connectivity index is 1.14. The van der Waals surface area contributed by atoms with Gasteiger partial charge in [0.25, 0.3) is 5.92 Å². The Morgan fingerprint density at radius 3 is 2.74 bits per heavy atom. The maximum atomic E-state index is 17.2. The van der Waals surface area contributed by atoms with Gasteiger partial charge in [-0.3, -0.25) is 9.69 Å². The number of likely N-dealkylation sites (tertiary alicyclic amines) is 1. The molecule has 1 saturated carbocycles. The van der Waals surface area contributed by atoms with Crippen LogP contribution in [0.25, 0.3) is 32.1 Å². The number of benzene rings is 2. The quantitative estimate of drug-likeness (QED) is 0.230. The van der Waals surface area contributed by atoms with Crippen molar-refractivity contribution in [2.75, 3.05) is 69.7 Å². The van der Waals surface area contributed by atoms with Crippen molar-refractivity contribution < 1.29 is 36.2 Å². The summed E-state index contributed by atoms with van der Waals surface area (Å²) in [5.74, 6) is -6.06. The minimum Gasteiger partial charge on any atom is -0.461 e. The molecular formula is C36H33ClF5N7O3S. The highest BCUT2D eigenvalue weighted by molar-refractivity contribution is 7.23. The van der Waals surface area contributed by atoms with Crippen molar-refractivity contribution >= 4 is 60.7 Å². The number of amides is 1. The number of carbonyl (C=O) groups excluding carboxylic acids is 1. The van der Waals surface area contributed by atoms with Crippen molar-refractivity contribution in [3.8, 4) is 23.2 Å². The van der Waals surface area contributed by atoms with Crippen LogP contribution in [0.5, 0.6) is 6.01 Å². The van der Waals surface area contributed by atoms with Crippen LogP contribution in [0.3, 0.4) is 0 Å². The Morgan fingerprint density at radius 2 is 1.98 bits per heavy atom. The van der Waals surface area contributed by atoms with Crippen molar-refractivity contribution in [1.82, 2.24) is 19.8 Å². The lowest BCUT2D eigenvalue weighted by Crippen LogP contribution is -2.64. The number of rotatable bonds is 6. The van der Waals surface area contributed by atoms with E-state index >= 15 is 4.39 Å². The number of nitriles is 1. The van der Waals surface area contributed by atoms with E-state index in [1.165, 1.54) is 17.0 Å². The molecule has 5 fully saturated rings. The van der Waals surface area contributed by atoms with Gasteiger partial charge >= 0.3 is 6.01 Å². The minimum atomic E-state index is -2.98. The number of nitrogens with two attached hydrogens (primary N) is 1. The predicted octanol–water partition coefficient (Wildman–Crippen LogP) is 6.17. The van der Waals surface area contributed by atoms with E-state index in [0.29, 0.717) is 26.1 Å². The third kappa shape index (κ3) is 5.56. The van der Waals surface area contributed by atoms with Crippen molar-refractivity contribution in [3.05, 3.63) is 40.4 Å². The van der Waals surface area contributed by atoms with Gasteiger partial charge in [0.2, 0.25) is 5.91 Å². The molecular weight excluding hydrogens is 741 g/mol. The van der Waals surface area contributed by atoms with Gasteiger partial charge in [-0.15, -0.1) is 11.3 Å².